The summed E-state index contributed by atoms with van der Waals surface area (Å²) in [7, 11) is 3.18. The number of nitrogens with zero attached hydrogens (tertiary/aromatic N) is 3. The Morgan fingerprint density at radius 3 is 2.67 bits per heavy atom. The second-order valence-corrected chi connectivity index (χ2v) is 8.83. The molecule has 4 aromatic rings. The maximum absolute atomic E-state index is 13.7. The van der Waals surface area contributed by atoms with E-state index in [2.05, 4.69) is 9.88 Å². The molecule has 0 unspecified atom stereocenters. The summed E-state index contributed by atoms with van der Waals surface area (Å²) in [5.41, 5.74) is 2.62. The molecule has 1 aliphatic heterocycles. The van der Waals surface area contributed by atoms with Gasteiger partial charge in [-0.15, -0.1) is 0 Å². The fraction of sp³-hybridized carbons (Fsp3) is 0.333. The fourth-order valence-corrected chi connectivity index (χ4v) is 5.13. The van der Waals surface area contributed by atoms with Crippen LogP contribution in [0.15, 0.2) is 52.4 Å². The highest BCUT2D eigenvalue weighted by molar-refractivity contribution is 7.99. The van der Waals surface area contributed by atoms with Gasteiger partial charge in [-0.2, -0.15) is 0 Å². The van der Waals surface area contributed by atoms with Crippen LogP contribution >= 0.6 is 11.8 Å². The quantitative estimate of drug-likeness (QED) is 0.331. The molecule has 0 amide bonds. The van der Waals surface area contributed by atoms with E-state index >= 15 is 0 Å². The molecule has 1 aliphatic rings. The van der Waals surface area contributed by atoms with Gasteiger partial charge in [-0.3, -0.25) is 14.3 Å². The Morgan fingerprint density at radius 1 is 1.09 bits per heavy atom. The molecule has 8 nitrogen and oxygen atoms in total. The van der Waals surface area contributed by atoms with Crippen molar-refractivity contribution in [2.24, 2.45) is 0 Å². The number of methoxy groups -OCH3 is 2. The van der Waals surface area contributed by atoms with Crippen molar-refractivity contribution >= 4 is 33.7 Å². The molecule has 0 spiro atoms. The highest BCUT2D eigenvalue weighted by atomic mass is 32.2. The van der Waals surface area contributed by atoms with Crippen LogP contribution < -0.4 is 15.0 Å². The molecule has 2 aromatic carbocycles. The van der Waals surface area contributed by atoms with Gasteiger partial charge in [-0.25, -0.2) is 4.98 Å². The van der Waals surface area contributed by atoms with Crippen molar-refractivity contribution in [3.8, 4) is 17.2 Å². The zero-order chi connectivity index (χ0) is 22.8. The molecular formula is C24H26N4O4S. The molecule has 0 atom stereocenters. The van der Waals surface area contributed by atoms with Crippen molar-refractivity contribution in [1.82, 2.24) is 19.4 Å². The second kappa shape index (κ2) is 9.46. The summed E-state index contributed by atoms with van der Waals surface area (Å²) < 4.78 is 18.0. The number of ether oxygens (including phenoxy) is 3. The van der Waals surface area contributed by atoms with Crippen molar-refractivity contribution in [2.75, 3.05) is 52.8 Å². The maximum atomic E-state index is 13.7. The number of thioether (sulfide) groups is 1. The first kappa shape index (κ1) is 21.8. The van der Waals surface area contributed by atoms with E-state index in [9.17, 15) is 4.79 Å². The SMILES string of the molecule is COc1ccc(-n2c(SCCN3CCOCC3)nc3c([nH]c4ccccc43)c2=O)cc1OC. The third-order valence-electron chi connectivity index (χ3n) is 5.86. The Balaban J connectivity index is 1.60. The van der Waals surface area contributed by atoms with E-state index in [1.165, 1.54) is 0 Å². The number of rotatable bonds is 7. The van der Waals surface area contributed by atoms with Gasteiger partial charge in [0.2, 0.25) is 0 Å². The summed E-state index contributed by atoms with van der Waals surface area (Å²) in [5, 5.41) is 1.59. The highest BCUT2D eigenvalue weighted by Gasteiger charge is 2.19. The second-order valence-electron chi connectivity index (χ2n) is 7.77. The van der Waals surface area contributed by atoms with E-state index in [4.69, 9.17) is 19.2 Å². The number of hydrogen-bond acceptors (Lipinski definition) is 7. The number of nitrogens with one attached hydrogen (secondary N) is 1. The summed E-state index contributed by atoms with van der Waals surface area (Å²) in [6.07, 6.45) is 0. The van der Waals surface area contributed by atoms with Crippen molar-refractivity contribution < 1.29 is 14.2 Å². The molecule has 9 heteroatoms. The van der Waals surface area contributed by atoms with Crippen molar-refractivity contribution in [1.29, 1.82) is 0 Å². The van der Waals surface area contributed by atoms with E-state index in [0.717, 1.165) is 49.5 Å². The molecule has 1 N–H and O–H groups in total. The first-order valence-electron chi connectivity index (χ1n) is 10.9. The van der Waals surface area contributed by atoms with Crippen LogP contribution in [-0.2, 0) is 4.74 Å². The largest absolute Gasteiger partial charge is 0.493 e. The van der Waals surface area contributed by atoms with Gasteiger partial charge >= 0.3 is 0 Å². The number of aromatic nitrogens is 3. The minimum Gasteiger partial charge on any atom is -0.493 e. The first-order chi connectivity index (χ1) is 16.2. The van der Waals surface area contributed by atoms with Gasteiger partial charge in [0.1, 0.15) is 11.0 Å². The van der Waals surface area contributed by atoms with E-state index in [-0.39, 0.29) is 5.56 Å². The first-order valence-corrected chi connectivity index (χ1v) is 11.9. The summed E-state index contributed by atoms with van der Waals surface area (Å²) >= 11 is 1.58. The van der Waals surface area contributed by atoms with Crippen molar-refractivity contribution in [3.05, 3.63) is 52.8 Å². The van der Waals surface area contributed by atoms with Gasteiger partial charge in [-0.1, -0.05) is 30.0 Å². The zero-order valence-electron chi connectivity index (χ0n) is 18.7. The number of hydrogen-bond donors (Lipinski definition) is 1. The monoisotopic (exact) mass is 466 g/mol. The van der Waals surface area contributed by atoms with Crippen LogP contribution in [0.25, 0.3) is 27.6 Å². The maximum Gasteiger partial charge on any atom is 0.283 e. The minimum absolute atomic E-state index is 0.141. The van der Waals surface area contributed by atoms with Gasteiger partial charge in [0.15, 0.2) is 16.7 Å². The van der Waals surface area contributed by atoms with Crippen LogP contribution in [0, 0.1) is 0 Å². The lowest BCUT2D eigenvalue weighted by Gasteiger charge is -2.26. The van der Waals surface area contributed by atoms with Crippen LogP contribution in [0.2, 0.25) is 0 Å². The molecule has 3 heterocycles. The lowest BCUT2D eigenvalue weighted by atomic mass is 10.2. The summed E-state index contributed by atoms with van der Waals surface area (Å²) in [4.78, 5) is 24.3. The molecule has 5 rings (SSSR count). The fourth-order valence-electron chi connectivity index (χ4n) is 4.12. The smallest absolute Gasteiger partial charge is 0.283 e. The Kier molecular flexibility index (Phi) is 6.26. The van der Waals surface area contributed by atoms with Gasteiger partial charge in [0.25, 0.3) is 5.56 Å². The molecule has 0 bridgehead atoms. The molecule has 2 aromatic heterocycles. The van der Waals surface area contributed by atoms with E-state index < -0.39 is 0 Å². The summed E-state index contributed by atoms with van der Waals surface area (Å²) in [6, 6.07) is 13.3. The van der Waals surface area contributed by atoms with Crippen LogP contribution in [0.4, 0.5) is 0 Å². The zero-order valence-corrected chi connectivity index (χ0v) is 19.5. The Bertz CT molecular complexity index is 1340. The number of morpholine rings is 1. The molecule has 1 fully saturated rings. The Morgan fingerprint density at radius 2 is 1.88 bits per heavy atom. The molecule has 0 radical (unpaired) electrons. The Hall–Kier alpha value is -3.01. The lowest BCUT2D eigenvalue weighted by molar-refractivity contribution is 0.0410. The normalized spacial score (nSPS) is 14.7. The van der Waals surface area contributed by atoms with Gasteiger partial charge < -0.3 is 19.2 Å². The third-order valence-corrected chi connectivity index (χ3v) is 6.78. The predicted octanol–water partition coefficient (Wildman–Crippen LogP) is 3.31. The van der Waals surface area contributed by atoms with E-state index in [1.54, 1.807) is 36.6 Å². The number of fused-ring (bicyclic) bond motifs is 3. The third kappa shape index (κ3) is 4.19. The standard InChI is InChI=1S/C24H26N4O4S/c1-30-19-8-7-16(15-20(19)31-2)28-23(29)22-21(17-5-3-4-6-18(17)25-22)26-24(28)33-14-11-27-9-12-32-13-10-27/h3-8,15,25H,9-14H2,1-2H3. The lowest BCUT2D eigenvalue weighted by Crippen LogP contribution is -2.37. The number of benzene rings is 2. The average Bonchev–Trinajstić information content (AvgIpc) is 3.23. The highest BCUT2D eigenvalue weighted by Crippen LogP contribution is 2.31. The number of para-hydroxylation sites is 1. The van der Waals surface area contributed by atoms with E-state index in [0.29, 0.717) is 33.4 Å². The number of H-pyrrole nitrogens is 1. The van der Waals surface area contributed by atoms with Gasteiger partial charge in [0, 0.05) is 42.4 Å². The van der Waals surface area contributed by atoms with Crippen molar-refractivity contribution in [2.45, 2.75) is 5.16 Å². The number of aromatic amines is 1. The van der Waals surface area contributed by atoms with Crippen LogP contribution in [-0.4, -0.2) is 72.3 Å². The predicted molar refractivity (Wildman–Crippen MR) is 130 cm³/mol. The average molecular weight is 467 g/mol. The molecular weight excluding hydrogens is 440 g/mol. The molecule has 172 valence electrons. The van der Waals surface area contributed by atoms with Gasteiger partial charge in [0.05, 0.1) is 33.1 Å². The molecule has 0 aliphatic carbocycles. The summed E-state index contributed by atoms with van der Waals surface area (Å²) in [5.74, 6) is 1.98. The molecule has 33 heavy (non-hydrogen) atoms. The minimum atomic E-state index is -0.141. The van der Waals surface area contributed by atoms with Crippen molar-refractivity contribution in [3.63, 3.8) is 0 Å². The molecule has 0 saturated carbocycles. The Labute approximate surface area is 195 Å². The van der Waals surface area contributed by atoms with Crippen LogP contribution in [0.5, 0.6) is 11.5 Å². The van der Waals surface area contributed by atoms with Crippen LogP contribution in [0.3, 0.4) is 0 Å². The van der Waals surface area contributed by atoms with E-state index in [1.807, 2.05) is 36.4 Å². The van der Waals surface area contributed by atoms with Crippen LogP contribution in [0.1, 0.15) is 0 Å². The molecule has 1 saturated heterocycles. The topological polar surface area (TPSA) is 81.6 Å². The van der Waals surface area contributed by atoms with Gasteiger partial charge in [-0.05, 0) is 18.2 Å². The summed E-state index contributed by atoms with van der Waals surface area (Å²) in [6.45, 7) is 4.29.